The third-order valence-corrected chi connectivity index (χ3v) is 6.68. The molecule has 1 fully saturated rings. The lowest BCUT2D eigenvalue weighted by Gasteiger charge is -2.37. The van der Waals surface area contributed by atoms with Gasteiger partial charge in [-0.15, -0.1) is 0 Å². The predicted octanol–water partition coefficient (Wildman–Crippen LogP) is 6.11. The van der Waals surface area contributed by atoms with Crippen LogP contribution in [0.25, 0.3) is 0 Å². The first-order chi connectivity index (χ1) is 11.9. The maximum Gasteiger partial charge on any atom is 0.0546 e. The average Bonchev–Trinajstić information content (AvgIpc) is 2.59. The van der Waals surface area contributed by atoms with Gasteiger partial charge in [-0.05, 0) is 55.9 Å². The van der Waals surface area contributed by atoms with E-state index < -0.39 is 0 Å². The normalized spacial score (nSPS) is 17.6. The summed E-state index contributed by atoms with van der Waals surface area (Å²) in [6.45, 7) is 6.56. The molecule has 2 nitrogen and oxygen atoms in total. The first-order valence-electron chi connectivity index (χ1n) is 8.29. The lowest BCUT2D eigenvalue weighted by atomic mass is 10.1. The number of likely N-dealkylation sites (N-methyl/N-ethyl adjacent to an activating group) is 1. The summed E-state index contributed by atoms with van der Waals surface area (Å²) in [5.41, 5.74) is 1.23. The van der Waals surface area contributed by atoms with E-state index in [4.69, 9.17) is 34.8 Å². The second-order valence-electron chi connectivity index (χ2n) is 6.37. The van der Waals surface area contributed by atoms with Gasteiger partial charge in [0.1, 0.15) is 0 Å². The van der Waals surface area contributed by atoms with E-state index in [2.05, 4.69) is 35.9 Å². The Bertz CT molecular complexity index is 745. The van der Waals surface area contributed by atoms with E-state index in [0.29, 0.717) is 16.1 Å². The Labute approximate surface area is 169 Å². The van der Waals surface area contributed by atoms with Gasteiger partial charge in [-0.25, -0.2) is 0 Å². The molecule has 1 aliphatic rings. The minimum atomic E-state index is 0.299. The van der Waals surface area contributed by atoms with Crippen LogP contribution in [0.5, 0.6) is 0 Å². The van der Waals surface area contributed by atoms with Gasteiger partial charge in [0.15, 0.2) is 0 Å². The summed E-state index contributed by atoms with van der Waals surface area (Å²) in [7, 11) is 2.17. The molecule has 0 aromatic heterocycles. The number of hydrogen-bond acceptors (Lipinski definition) is 3. The van der Waals surface area contributed by atoms with Crippen molar-refractivity contribution in [3.63, 3.8) is 0 Å². The molecule has 1 heterocycles. The lowest BCUT2D eigenvalue weighted by Crippen LogP contribution is -2.45. The Morgan fingerprint density at radius 1 is 0.880 bits per heavy atom. The van der Waals surface area contributed by atoms with E-state index in [0.717, 1.165) is 36.1 Å². The third kappa shape index (κ3) is 4.85. The highest BCUT2D eigenvalue weighted by atomic mass is 35.5. The van der Waals surface area contributed by atoms with Crippen LogP contribution in [0.15, 0.2) is 46.2 Å². The molecule has 1 aliphatic heterocycles. The van der Waals surface area contributed by atoms with E-state index in [1.165, 1.54) is 10.5 Å². The second kappa shape index (κ2) is 8.51. The van der Waals surface area contributed by atoms with Crippen molar-refractivity contribution in [3.05, 3.63) is 57.0 Å². The van der Waals surface area contributed by atoms with Gasteiger partial charge in [0.25, 0.3) is 0 Å². The molecule has 6 heteroatoms. The van der Waals surface area contributed by atoms with Crippen molar-refractivity contribution >= 4 is 46.6 Å². The summed E-state index contributed by atoms with van der Waals surface area (Å²) in [4.78, 5) is 7.00. The Morgan fingerprint density at radius 3 is 2.24 bits per heavy atom. The van der Waals surface area contributed by atoms with Crippen molar-refractivity contribution in [3.8, 4) is 0 Å². The summed E-state index contributed by atoms with van der Waals surface area (Å²) in [6, 6.07) is 11.9. The van der Waals surface area contributed by atoms with E-state index in [1.54, 1.807) is 11.8 Å². The van der Waals surface area contributed by atoms with Crippen LogP contribution in [0.3, 0.4) is 0 Å². The molecule has 0 saturated carbocycles. The molecule has 2 aromatic rings. The van der Waals surface area contributed by atoms with Crippen LogP contribution in [0.1, 0.15) is 18.5 Å². The maximum absolute atomic E-state index is 6.35. The number of benzene rings is 2. The fraction of sp³-hybridized carbons (Fsp3) is 0.368. The number of piperazine rings is 1. The monoisotopic (exact) mass is 414 g/mol. The van der Waals surface area contributed by atoms with Crippen LogP contribution < -0.4 is 0 Å². The molecule has 0 radical (unpaired) electrons. The zero-order chi connectivity index (χ0) is 18.0. The fourth-order valence-corrected chi connectivity index (χ4v) is 4.74. The standard InChI is InChI=1S/C19H21Cl3N2S/c1-13(24-9-7-23(2)8-10-24)16-11-14(20)4-6-18(16)25-19-12-15(21)3-5-17(19)22/h3-6,11-13H,7-10H2,1-2H3. The Morgan fingerprint density at radius 2 is 1.52 bits per heavy atom. The zero-order valence-corrected chi connectivity index (χ0v) is 17.4. The minimum absolute atomic E-state index is 0.299. The maximum atomic E-state index is 6.35. The van der Waals surface area contributed by atoms with E-state index >= 15 is 0 Å². The highest BCUT2D eigenvalue weighted by Crippen LogP contribution is 2.40. The van der Waals surface area contributed by atoms with Gasteiger partial charge in [-0.1, -0.05) is 46.6 Å². The first-order valence-corrected chi connectivity index (χ1v) is 10.2. The summed E-state index contributed by atoms with van der Waals surface area (Å²) < 4.78 is 0. The van der Waals surface area contributed by atoms with Crippen molar-refractivity contribution in [2.75, 3.05) is 33.2 Å². The number of nitrogens with zero attached hydrogens (tertiary/aromatic N) is 2. The van der Waals surface area contributed by atoms with Gasteiger partial charge >= 0.3 is 0 Å². The lowest BCUT2D eigenvalue weighted by molar-refractivity contribution is 0.118. The van der Waals surface area contributed by atoms with Gasteiger partial charge in [0.05, 0.1) is 5.02 Å². The van der Waals surface area contributed by atoms with Crippen LogP contribution in [-0.4, -0.2) is 43.0 Å². The molecule has 2 aromatic carbocycles. The average molecular weight is 416 g/mol. The van der Waals surface area contributed by atoms with E-state index in [9.17, 15) is 0 Å². The molecular weight excluding hydrogens is 395 g/mol. The summed E-state index contributed by atoms with van der Waals surface area (Å²) in [6.07, 6.45) is 0. The smallest absolute Gasteiger partial charge is 0.0546 e. The van der Waals surface area contributed by atoms with Gasteiger partial charge in [0.2, 0.25) is 0 Å². The van der Waals surface area contributed by atoms with Gasteiger partial charge in [-0.2, -0.15) is 0 Å². The molecule has 1 saturated heterocycles. The van der Waals surface area contributed by atoms with Crippen LogP contribution in [0.4, 0.5) is 0 Å². The van der Waals surface area contributed by atoms with Crippen molar-refractivity contribution < 1.29 is 0 Å². The molecule has 0 bridgehead atoms. The van der Waals surface area contributed by atoms with Crippen LogP contribution in [0.2, 0.25) is 15.1 Å². The van der Waals surface area contributed by atoms with E-state index in [1.807, 2.05) is 24.3 Å². The minimum Gasteiger partial charge on any atom is -0.304 e. The Hall–Kier alpha value is -0.420. The third-order valence-electron chi connectivity index (χ3n) is 4.62. The van der Waals surface area contributed by atoms with Gasteiger partial charge < -0.3 is 4.90 Å². The summed E-state index contributed by atoms with van der Waals surface area (Å²) in [5, 5.41) is 2.16. The summed E-state index contributed by atoms with van der Waals surface area (Å²) >= 11 is 20.4. The molecule has 3 rings (SSSR count). The van der Waals surface area contributed by atoms with Gasteiger partial charge in [0, 0.05) is 52.1 Å². The highest BCUT2D eigenvalue weighted by Gasteiger charge is 2.23. The second-order valence-corrected chi connectivity index (χ2v) is 8.74. The van der Waals surface area contributed by atoms with Crippen molar-refractivity contribution in [2.45, 2.75) is 22.8 Å². The zero-order valence-electron chi connectivity index (χ0n) is 14.3. The van der Waals surface area contributed by atoms with Crippen molar-refractivity contribution in [1.29, 1.82) is 0 Å². The number of hydrogen-bond donors (Lipinski definition) is 0. The quantitative estimate of drug-likeness (QED) is 0.595. The summed E-state index contributed by atoms with van der Waals surface area (Å²) in [5.74, 6) is 0. The van der Waals surface area contributed by atoms with E-state index in [-0.39, 0.29) is 0 Å². The Balaban J connectivity index is 1.88. The van der Waals surface area contributed by atoms with Gasteiger partial charge in [-0.3, -0.25) is 4.90 Å². The van der Waals surface area contributed by atoms with Crippen molar-refractivity contribution in [2.24, 2.45) is 0 Å². The Kier molecular flexibility index (Phi) is 6.59. The number of rotatable bonds is 4. The molecule has 1 unspecified atom stereocenters. The number of halogens is 3. The largest absolute Gasteiger partial charge is 0.304 e. The molecule has 0 N–H and O–H groups in total. The molecule has 134 valence electrons. The van der Waals surface area contributed by atoms with Crippen LogP contribution in [-0.2, 0) is 0 Å². The predicted molar refractivity (Wildman–Crippen MR) is 110 cm³/mol. The molecule has 0 amide bonds. The highest BCUT2D eigenvalue weighted by molar-refractivity contribution is 7.99. The van der Waals surface area contributed by atoms with Crippen LogP contribution in [0, 0.1) is 0 Å². The molecule has 1 atom stereocenters. The molecule has 0 aliphatic carbocycles. The molecule has 25 heavy (non-hydrogen) atoms. The topological polar surface area (TPSA) is 6.48 Å². The van der Waals surface area contributed by atoms with Crippen molar-refractivity contribution in [1.82, 2.24) is 9.80 Å². The van der Waals surface area contributed by atoms with Crippen LogP contribution >= 0.6 is 46.6 Å². The first kappa shape index (κ1) is 19.3. The fourth-order valence-electron chi connectivity index (χ4n) is 3.02. The SMILES string of the molecule is CC(c1cc(Cl)ccc1Sc1cc(Cl)ccc1Cl)N1CCN(C)CC1. The molecule has 0 spiro atoms. The molecular formula is C19H21Cl3N2S.